The lowest BCUT2D eigenvalue weighted by atomic mass is 9.96. The Morgan fingerprint density at radius 1 is 0.886 bits per heavy atom. The molecule has 1 fully saturated rings. The van der Waals surface area contributed by atoms with Crippen LogP contribution >= 0.6 is 12.2 Å². The molecule has 4 heterocycles. The van der Waals surface area contributed by atoms with Crippen molar-refractivity contribution < 1.29 is 0 Å². The Bertz CT molecular complexity index is 1350. The molecule has 1 aliphatic heterocycles. The zero-order valence-corrected chi connectivity index (χ0v) is 21.7. The van der Waals surface area contributed by atoms with Crippen molar-refractivity contribution in [1.29, 1.82) is 0 Å². The van der Waals surface area contributed by atoms with Crippen LogP contribution in [0.25, 0.3) is 5.69 Å². The molecule has 0 amide bonds. The van der Waals surface area contributed by atoms with E-state index in [0.717, 1.165) is 16.5 Å². The highest BCUT2D eigenvalue weighted by atomic mass is 32.1. The summed E-state index contributed by atoms with van der Waals surface area (Å²) in [6, 6.07) is 18.9. The van der Waals surface area contributed by atoms with Gasteiger partial charge in [-0.15, -0.1) is 0 Å². The van der Waals surface area contributed by atoms with Gasteiger partial charge in [-0.25, -0.2) is 0 Å². The minimum atomic E-state index is -0.0541. The summed E-state index contributed by atoms with van der Waals surface area (Å²) in [7, 11) is 0. The summed E-state index contributed by atoms with van der Waals surface area (Å²) >= 11 is 5.88. The maximum atomic E-state index is 5.88. The highest BCUT2D eigenvalue weighted by Crippen LogP contribution is 2.42. The molecule has 0 aliphatic carbocycles. The Hall–Kier alpha value is -3.51. The SMILES string of the molecule is Cc1cc(C)c(-n2c(C)cc([C@@H]3[C@@H](c4ccccn4)NC(=S)N3Cc3ccccn3)c2C)c(C)c1. The summed E-state index contributed by atoms with van der Waals surface area (Å²) in [5.74, 6) is 0. The van der Waals surface area contributed by atoms with Gasteiger partial charge in [0.05, 0.1) is 35.7 Å². The van der Waals surface area contributed by atoms with E-state index in [1.807, 2.05) is 36.7 Å². The van der Waals surface area contributed by atoms with Gasteiger partial charge in [-0.3, -0.25) is 9.97 Å². The zero-order chi connectivity index (χ0) is 24.7. The molecule has 0 spiro atoms. The van der Waals surface area contributed by atoms with Crippen LogP contribution in [0.4, 0.5) is 0 Å². The maximum Gasteiger partial charge on any atom is 0.170 e. The number of aryl methyl sites for hydroxylation is 4. The smallest absolute Gasteiger partial charge is 0.170 e. The molecule has 6 heteroatoms. The van der Waals surface area contributed by atoms with Crippen molar-refractivity contribution >= 4 is 17.3 Å². The lowest BCUT2D eigenvalue weighted by Gasteiger charge is -2.28. The van der Waals surface area contributed by atoms with Crippen molar-refractivity contribution in [3.63, 3.8) is 0 Å². The molecule has 0 bridgehead atoms. The summed E-state index contributed by atoms with van der Waals surface area (Å²) in [5, 5.41) is 4.30. The first-order valence-corrected chi connectivity index (χ1v) is 12.4. The fourth-order valence-corrected chi connectivity index (χ4v) is 5.84. The van der Waals surface area contributed by atoms with Crippen molar-refractivity contribution in [2.75, 3.05) is 0 Å². The van der Waals surface area contributed by atoms with E-state index in [9.17, 15) is 0 Å². The van der Waals surface area contributed by atoms with Gasteiger partial charge in [-0.1, -0.05) is 29.8 Å². The van der Waals surface area contributed by atoms with E-state index in [1.54, 1.807) is 0 Å². The van der Waals surface area contributed by atoms with Gasteiger partial charge in [0.15, 0.2) is 5.11 Å². The van der Waals surface area contributed by atoms with Crippen LogP contribution in [0.3, 0.4) is 0 Å². The molecule has 0 unspecified atom stereocenters. The van der Waals surface area contributed by atoms with E-state index in [-0.39, 0.29) is 12.1 Å². The fraction of sp³-hybridized carbons (Fsp3) is 0.276. The van der Waals surface area contributed by atoms with Crippen LogP contribution < -0.4 is 5.32 Å². The highest BCUT2D eigenvalue weighted by molar-refractivity contribution is 7.80. The average Bonchev–Trinajstić information content (AvgIpc) is 3.30. The second-order valence-electron chi connectivity index (χ2n) is 9.48. The fourth-order valence-electron chi connectivity index (χ4n) is 5.54. The van der Waals surface area contributed by atoms with Crippen LogP contribution in [-0.2, 0) is 6.54 Å². The summed E-state index contributed by atoms with van der Waals surface area (Å²) < 4.78 is 2.40. The average molecular weight is 482 g/mol. The van der Waals surface area contributed by atoms with E-state index in [4.69, 9.17) is 17.2 Å². The number of hydrogen-bond acceptors (Lipinski definition) is 3. The zero-order valence-electron chi connectivity index (χ0n) is 20.9. The summed E-state index contributed by atoms with van der Waals surface area (Å²) in [4.78, 5) is 11.5. The monoisotopic (exact) mass is 481 g/mol. The molecule has 5 rings (SSSR count). The van der Waals surface area contributed by atoms with Crippen molar-refractivity contribution in [2.45, 2.75) is 53.2 Å². The first-order valence-electron chi connectivity index (χ1n) is 12.0. The van der Waals surface area contributed by atoms with E-state index in [1.165, 1.54) is 39.3 Å². The number of hydrogen-bond donors (Lipinski definition) is 1. The summed E-state index contributed by atoms with van der Waals surface area (Å²) in [5.41, 5.74) is 10.8. The molecule has 35 heavy (non-hydrogen) atoms. The van der Waals surface area contributed by atoms with E-state index < -0.39 is 0 Å². The molecule has 1 N–H and O–H groups in total. The lowest BCUT2D eigenvalue weighted by Crippen LogP contribution is -2.29. The van der Waals surface area contributed by atoms with Gasteiger partial charge >= 0.3 is 0 Å². The second kappa shape index (κ2) is 9.27. The third kappa shape index (κ3) is 4.23. The number of pyridine rings is 2. The standard InChI is InChI=1S/C29H31N5S/c1-18-14-19(2)27(20(3)15-18)34-21(4)16-24(22(34)5)28-26(25-11-7-9-13-31-25)32-29(35)33(28)17-23-10-6-8-12-30-23/h6-16,26,28H,17H2,1-5H3,(H,32,35)/t26-,28-/m1/s1. The van der Waals surface area contributed by atoms with Crippen LogP contribution in [0.2, 0.25) is 0 Å². The Morgan fingerprint density at radius 3 is 2.20 bits per heavy atom. The minimum Gasteiger partial charge on any atom is -0.352 e. The molecule has 0 saturated carbocycles. The van der Waals surface area contributed by atoms with Crippen molar-refractivity contribution in [3.8, 4) is 5.69 Å². The van der Waals surface area contributed by atoms with Crippen LogP contribution in [0.5, 0.6) is 0 Å². The Kier molecular flexibility index (Phi) is 6.15. The number of rotatable bonds is 5. The minimum absolute atomic E-state index is 0.00887. The third-order valence-corrected chi connectivity index (χ3v) is 7.26. The molecule has 0 radical (unpaired) electrons. The first-order chi connectivity index (χ1) is 16.8. The number of nitrogens with one attached hydrogen (secondary N) is 1. The Morgan fingerprint density at radius 2 is 1.57 bits per heavy atom. The molecule has 5 nitrogen and oxygen atoms in total. The lowest BCUT2D eigenvalue weighted by molar-refractivity contribution is 0.307. The highest BCUT2D eigenvalue weighted by Gasteiger charge is 2.41. The quantitative estimate of drug-likeness (QED) is 0.355. The van der Waals surface area contributed by atoms with Gasteiger partial charge < -0.3 is 14.8 Å². The van der Waals surface area contributed by atoms with Gasteiger partial charge in [0.2, 0.25) is 0 Å². The molecule has 1 aliphatic rings. The van der Waals surface area contributed by atoms with Gasteiger partial charge in [0, 0.05) is 23.8 Å². The normalized spacial score (nSPS) is 17.6. The Labute approximate surface area is 212 Å². The van der Waals surface area contributed by atoms with Crippen LogP contribution in [0.1, 0.15) is 57.1 Å². The maximum absolute atomic E-state index is 5.88. The number of thiocarbonyl (C=S) groups is 1. The van der Waals surface area contributed by atoms with Crippen molar-refractivity contribution in [2.24, 2.45) is 0 Å². The van der Waals surface area contributed by atoms with Crippen LogP contribution in [-0.4, -0.2) is 24.5 Å². The van der Waals surface area contributed by atoms with E-state index >= 15 is 0 Å². The Balaban J connectivity index is 1.65. The first kappa shape index (κ1) is 23.2. The largest absolute Gasteiger partial charge is 0.352 e. The molecule has 2 atom stereocenters. The predicted octanol–water partition coefficient (Wildman–Crippen LogP) is 5.98. The van der Waals surface area contributed by atoms with E-state index in [2.05, 4.69) is 84.7 Å². The van der Waals surface area contributed by atoms with Gasteiger partial charge in [-0.05, 0) is 93.9 Å². The van der Waals surface area contributed by atoms with Crippen molar-refractivity contribution in [3.05, 3.63) is 112 Å². The number of aromatic nitrogens is 3. The second-order valence-corrected chi connectivity index (χ2v) is 9.87. The van der Waals surface area contributed by atoms with Gasteiger partial charge in [0.1, 0.15) is 0 Å². The topological polar surface area (TPSA) is 46.0 Å². The molecular formula is C29H31N5S. The molecule has 3 aromatic heterocycles. The summed E-state index contributed by atoms with van der Waals surface area (Å²) in [6.45, 7) is 11.6. The molecule has 1 aromatic carbocycles. The molecule has 178 valence electrons. The van der Waals surface area contributed by atoms with Crippen molar-refractivity contribution in [1.82, 2.24) is 24.8 Å². The molecule has 1 saturated heterocycles. The predicted molar refractivity (Wildman–Crippen MR) is 145 cm³/mol. The molecular weight excluding hydrogens is 450 g/mol. The number of nitrogens with zero attached hydrogens (tertiary/aromatic N) is 4. The van der Waals surface area contributed by atoms with E-state index in [0.29, 0.717) is 6.54 Å². The van der Waals surface area contributed by atoms with Crippen LogP contribution in [0.15, 0.2) is 67.0 Å². The summed E-state index contributed by atoms with van der Waals surface area (Å²) in [6.07, 6.45) is 3.68. The van der Waals surface area contributed by atoms with Gasteiger partial charge in [-0.2, -0.15) is 0 Å². The number of benzene rings is 1. The third-order valence-electron chi connectivity index (χ3n) is 6.90. The van der Waals surface area contributed by atoms with Crippen LogP contribution in [0, 0.1) is 34.6 Å². The molecule has 4 aromatic rings. The van der Waals surface area contributed by atoms with Gasteiger partial charge in [0.25, 0.3) is 0 Å².